The Hall–Kier alpha value is -1.94. The lowest BCUT2D eigenvalue weighted by atomic mass is 9.84. The van der Waals surface area contributed by atoms with E-state index in [9.17, 15) is 4.79 Å². The molecule has 1 amide bonds. The highest BCUT2D eigenvalue weighted by atomic mass is 32.2. The molecule has 1 N–H and O–H groups in total. The first kappa shape index (κ1) is 18.1. The molecule has 3 aliphatic rings. The second kappa shape index (κ2) is 7.47. The van der Waals surface area contributed by atoms with Crippen molar-refractivity contribution in [3.63, 3.8) is 0 Å². The summed E-state index contributed by atoms with van der Waals surface area (Å²) >= 11 is 1.81. The van der Waals surface area contributed by atoms with Crippen molar-refractivity contribution in [1.82, 2.24) is 5.32 Å². The van der Waals surface area contributed by atoms with Gasteiger partial charge in [-0.25, -0.2) is 0 Å². The molecule has 2 aromatic rings. The molecule has 0 spiro atoms. The molecule has 3 nitrogen and oxygen atoms in total. The quantitative estimate of drug-likeness (QED) is 0.717. The average Bonchev–Trinajstić information content (AvgIpc) is 3.35. The molecule has 1 heterocycles. The summed E-state index contributed by atoms with van der Waals surface area (Å²) in [4.78, 5) is 17.6. The van der Waals surface area contributed by atoms with Crippen LogP contribution >= 0.6 is 11.8 Å². The Kier molecular flexibility index (Phi) is 4.83. The van der Waals surface area contributed by atoms with Crippen molar-refractivity contribution in [2.75, 3.05) is 11.4 Å². The van der Waals surface area contributed by atoms with Crippen LogP contribution in [-0.4, -0.2) is 18.5 Å². The first-order chi connectivity index (χ1) is 13.7. The fraction of sp³-hybridized carbons (Fsp3) is 0.458. The summed E-state index contributed by atoms with van der Waals surface area (Å²) in [7, 11) is 0. The number of hydrogen-bond acceptors (Lipinski definition) is 3. The van der Waals surface area contributed by atoms with Crippen molar-refractivity contribution in [2.24, 2.45) is 17.8 Å². The fourth-order valence-electron chi connectivity index (χ4n) is 5.57. The molecule has 2 saturated carbocycles. The van der Waals surface area contributed by atoms with E-state index in [1.807, 2.05) is 11.8 Å². The van der Waals surface area contributed by atoms with Crippen LogP contribution < -0.4 is 10.2 Å². The van der Waals surface area contributed by atoms with Gasteiger partial charge in [0.05, 0.1) is 11.4 Å². The molecule has 0 aromatic heterocycles. The molecule has 4 atom stereocenters. The molecule has 4 heteroatoms. The van der Waals surface area contributed by atoms with E-state index in [0.29, 0.717) is 24.9 Å². The molecule has 0 saturated heterocycles. The van der Waals surface area contributed by atoms with Crippen molar-refractivity contribution in [2.45, 2.75) is 54.9 Å². The number of benzene rings is 2. The van der Waals surface area contributed by atoms with Crippen LogP contribution in [-0.2, 0) is 4.79 Å². The van der Waals surface area contributed by atoms with Gasteiger partial charge in [-0.05, 0) is 68.2 Å². The lowest BCUT2D eigenvalue weighted by Crippen LogP contribution is -2.41. The predicted molar refractivity (Wildman–Crippen MR) is 115 cm³/mol. The number of hydrogen-bond donors (Lipinski definition) is 1. The van der Waals surface area contributed by atoms with Gasteiger partial charge in [0, 0.05) is 28.8 Å². The van der Waals surface area contributed by atoms with Crippen LogP contribution in [0.3, 0.4) is 0 Å². The van der Waals surface area contributed by atoms with Crippen LogP contribution in [0.4, 0.5) is 11.4 Å². The van der Waals surface area contributed by atoms with Gasteiger partial charge in [0.1, 0.15) is 0 Å². The lowest BCUT2D eigenvalue weighted by molar-refractivity contribution is -0.122. The van der Waals surface area contributed by atoms with Crippen molar-refractivity contribution >= 4 is 29.0 Å². The monoisotopic (exact) mass is 392 g/mol. The van der Waals surface area contributed by atoms with Gasteiger partial charge in [-0.3, -0.25) is 4.79 Å². The molecule has 0 radical (unpaired) electrons. The third kappa shape index (κ3) is 3.32. The zero-order chi connectivity index (χ0) is 19.1. The van der Waals surface area contributed by atoms with E-state index in [-0.39, 0.29) is 5.91 Å². The van der Waals surface area contributed by atoms with Gasteiger partial charge in [0.15, 0.2) is 0 Å². The van der Waals surface area contributed by atoms with Gasteiger partial charge < -0.3 is 10.2 Å². The number of amides is 1. The SMILES string of the molecule is C[C@H](NC(=O)CCN1c2ccccc2Sc2ccccc21)[C@H]1C[C@H]2CC[C@H]1C2. The van der Waals surface area contributed by atoms with E-state index in [0.717, 1.165) is 11.8 Å². The minimum absolute atomic E-state index is 0.184. The third-order valence-corrected chi connectivity index (χ3v) is 8.05. The van der Waals surface area contributed by atoms with E-state index in [1.54, 1.807) is 0 Å². The summed E-state index contributed by atoms with van der Waals surface area (Å²) in [5, 5.41) is 3.32. The number of carbonyl (C=O) groups excluding carboxylic acids is 1. The van der Waals surface area contributed by atoms with E-state index in [4.69, 9.17) is 0 Å². The van der Waals surface area contributed by atoms with Crippen molar-refractivity contribution in [3.8, 4) is 0 Å². The predicted octanol–water partition coefficient (Wildman–Crippen LogP) is 5.62. The number of anilines is 2. The van der Waals surface area contributed by atoms with Gasteiger partial charge in [-0.2, -0.15) is 0 Å². The molecule has 1 aliphatic heterocycles. The maximum absolute atomic E-state index is 12.7. The van der Waals surface area contributed by atoms with Crippen molar-refractivity contribution < 1.29 is 4.79 Å². The maximum Gasteiger partial charge on any atom is 0.222 e. The van der Waals surface area contributed by atoms with Gasteiger partial charge >= 0.3 is 0 Å². The van der Waals surface area contributed by atoms with E-state index in [1.165, 1.54) is 46.8 Å². The van der Waals surface area contributed by atoms with Crippen LogP contribution in [0.1, 0.15) is 39.0 Å². The molecule has 2 bridgehead atoms. The summed E-state index contributed by atoms with van der Waals surface area (Å²) in [6.45, 7) is 2.93. The maximum atomic E-state index is 12.7. The summed E-state index contributed by atoms with van der Waals surface area (Å²) in [5.41, 5.74) is 2.42. The lowest BCUT2D eigenvalue weighted by Gasteiger charge is -2.33. The van der Waals surface area contributed by atoms with Gasteiger partial charge in [-0.1, -0.05) is 42.4 Å². The Labute approximate surface area is 171 Å². The smallest absolute Gasteiger partial charge is 0.222 e. The van der Waals surface area contributed by atoms with Crippen LogP contribution in [0.15, 0.2) is 58.3 Å². The van der Waals surface area contributed by atoms with E-state index < -0.39 is 0 Å². The third-order valence-electron chi connectivity index (χ3n) is 6.92. The fourth-order valence-corrected chi connectivity index (χ4v) is 6.67. The highest BCUT2D eigenvalue weighted by molar-refractivity contribution is 7.99. The normalized spacial score (nSPS) is 25.9. The Bertz CT molecular complexity index is 837. The zero-order valence-electron chi connectivity index (χ0n) is 16.4. The average molecular weight is 393 g/mol. The highest BCUT2D eigenvalue weighted by Gasteiger charge is 2.42. The van der Waals surface area contributed by atoms with Gasteiger partial charge in [-0.15, -0.1) is 0 Å². The first-order valence-electron chi connectivity index (χ1n) is 10.6. The molecule has 2 fully saturated rings. The number of para-hydroxylation sites is 2. The second-order valence-electron chi connectivity index (χ2n) is 8.63. The molecule has 5 rings (SSSR count). The Morgan fingerprint density at radius 2 is 1.75 bits per heavy atom. The largest absolute Gasteiger partial charge is 0.353 e. The molecule has 2 aliphatic carbocycles. The summed E-state index contributed by atoms with van der Waals surface area (Å²) in [5.74, 6) is 2.64. The number of rotatable bonds is 5. The second-order valence-corrected chi connectivity index (χ2v) is 9.72. The van der Waals surface area contributed by atoms with Crippen molar-refractivity contribution in [3.05, 3.63) is 48.5 Å². The van der Waals surface area contributed by atoms with Gasteiger partial charge in [0.2, 0.25) is 5.91 Å². The molecule has 28 heavy (non-hydrogen) atoms. The first-order valence-corrected chi connectivity index (χ1v) is 11.4. The minimum Gasteiger partial charge on any atom is -0.353 e. The topological polar surface area (TPSA) is 32.3 Å². The van der Waals surface area contributed by atoms with Crippen LogP contribution in [0.2, 0.25) is 0 Å². The van der Waals surface area contributed by atoms with E-state index in [2.05, 4.69) is 65.7 Å². The standard InChI is InChI=1S/C24H28N2OS/c1-16(19-15-17-10-11-18(19)14-17)25-24(27)12-13-26-20-6-2-4-8-22(20)28-23-9-5-3-7-21(23)26/h2-9,16-19H,10-15H2,1H3,(H,25,27)/t16-,17-,18-,19+/m0/s1. The van der Waals surface area contributed by atoms with E-state index >= 15 is 0 Å². The van der Waals surface area contributed by atoms with Gasteiger partial charge in [0.25, 0.3) is 0 Å². The molecular weight excluding hydrogens is 364 g/mol. The molecule has 2 aromatic carbocycles. The van der Waals surface area contributed by atoms with Crippen molar-refractivity contribution in [1.29, 1.82) is 0 Å². The Morgan fingerprint density at radius 3 is 2.36 bits per heavy atom. The summed E-state index contributed by atoms with van der Waals surface area (Å²) in [6.07, 6.45) is 6.01. The Balaban J connectivity index is 1.26. The number of nitrogens with zero attached hydrogens (tertiary/aromatic N) is 1. The molecule has 0 unspecified atom stereocenters. The number of carbonyl (C=O) groups is 1. The molecular formula is C24H28N2OS. The summed E-state index contributed by atoms with van der Waals surface area (Å²) < 4.78 is 0. The number of fused-ring (bicyclic) bond motifs is 4. The minimum atomic E-state index is 0.184. The molecule has 146 valence electrons. The number of nitrogens with one attached hydrogen (secondary N) is 1. The Morgan fingerprint density at radius 1 is 1.07 bits per heavy atom. The van der Waals surface area contributed by atoms with Crippen LogP contribution in [0, 0.1) is 17.8 Å². The zero-order valence-corrected chi connectivity index (χ0v) is 17.3. The highest BCUT2D eigenvalue weighted by Crippen LogP contribution is 2.50. The van der Waals surface area contributed by atoms with Crippen LogP contribution in [0.25, 0.3) is 0 Å². The summed E-state index contributed by atoms with van der Waals surface area (Å²) in [6, 6.07) is 17.3. The van der Waals surface area contributed by atoms with Crippen LogP contribution in [0.5, 0.6) is 0 Å².